The van der Waals surface area contributed by atoms with Gasteiger partial charge in [0.1, 0.15) is 11.3 Å². The van der Waals surface area contributed by atoms with Crippen molar-refractivity contribution in [1.29, 1.82) is 0 Å². The number of furan rings is 1. The third-order valence-electron chi connectivity index (χ3n) is 8.44. The van der Waals surface area contributed by atoms with Gasteiger partial charge >= 0.3 is 0 Å². The minimum absolute atomic E-state index is 0.909. The van der Waals surface area contributed by atoms with Crippen LogP contribution in [0.2, 0.25) is 0 Å². The fourth-order valence-electron chi connectivity index (χ4n) is 6.33. The molecule has 7 aromatic carbocycles. The summed E-state index contributed by atoms with van der Waals surface area (Å²) >= 11 is 0. The number of para-hydroxylation sites is 1. The second-order valence-corrected chi connectivity index (χ2v) is 11.0. The fourth-order valence-corrected chi connectivity index (χ4v) is 6.33. The van der Waals surface area contributed by atoms with Crippen LogP contribution in [0.5, 0.6) is 0 Å². The first-order chi connectivity index (χ1) is 21.2. The van der Waals surface area contributed by atoms with E-state index >= 15 is 0 Å². The van der Waals surface area contributed by atoms with E-state index in [2.05, 4.69) is 157 Å². The zero-order chi connectivity index (χ0) is 28.8. The average molecular weight is 552 g/mol. The van der Waals surface area contributed by atoms with Gasteiger partial charge in [-0.2, -0.15) is 0 Å². The molecule has 0 saturated carbocycles. The maximum atomic E-state index is 6.38. The van der Waals surface area contributed by atoms with Crippen LogP contribution in [-0.4, -0.2) is 0 Å². The van der Waals surface area contributed by atoms with Crippen molar-refractivity contribution in [2.24, 2.45) is 0 Å². The first-order valence-corrected chi connectivity index (χ1v) is 14.7. The van der Waals surface area contributed by atoms with E-state index in [9.17, 15) is 0 Å². The molecule has 8 aromatic rings. The lowest BCUT2D eigenvalue weighted by Gasteiger charge is -2.27. The molecule has 1 heterocycles. The van der Waals surface area contributed by atoms with Gasteiger partial charge in [0.15, 0.2) is 0 Å². The zero-order valence-corrected chi connectivity index (χ0v) is 23.9. The second-order valence-electron chi connectivity index (χ2n) is 11.0. The first kappa shape index (κ1) is 25.1. The van der Waals surface area contributed by atoms with Crippen LogP contribution in [0.1, 0.15) is 5.56 Å². The molecule has 0 spiro atoms. The molecule has 0 N–H and O–H groups in total. The van der Waals surface area contributed by atoms with Gasteiger partial charge in [0.05, 0.1) is 5.69 Å². The van der Waals surface area contributed by atoms with Gasteiger partial charge in [-0.3, -0.25) is 0 Å². The predicted molar refractivity (Wildman–Crippen MR) is 182 cm³/mol. The molecule has 0 unspecified atom stereocenters. The van der Waals surface area contributed by atoms with Gasteiger partial charge in [0, 0.05) is 33.3 Å². The molecule has 0 fully saturated rings. The standard InChI is InChI=1S/C41H29NO/c1-28-35-17-6-7-22-40(35)43-41(28)32-15-8-16-34(27-32)42(39-21-10-14-30-12-3-5-19-38(30)39)33-25-23-31(24-26-33)37-20-9-13-29-11-2-4-18-36(29)37/h2-27H,1H3. The summed E-state index contributed by atoms with van der Waals surface area (Å²) < 4.78 is 6.38. The van der Waals surface area contributed by atoms with Crippen LogP contribution in [0.25, 0.3) is 55.0 Å². The topological polar surface area (TPSA) is 16.4 Å². The Morgan fingerprint density at radius 2 is 1.09 bits per heavy atom. The van der Waals surface area contributed by atoms with Crippen LogP contribution in [0.15, 0.2) is 162 Å². The van der Waals surface area contributed by atoms with Crippen molar-refractivity contribution < 1.29 is 4.42 Å². The molecule has 204 valence electrons. The van der Waals surface area contributed by atoms with Crippen LogP contribution >= 0.6 is 0 Å². The summed E-state index contributed by atoms with van der Waals surface area (Å²) in [5.74, 6) is 0.909. The lowest BCUT2D eigenvalue weighted by Crippen LogP contribution is -2.10. The van der Waals surface area contributed by atoms with E-state index in [0.717, 1.165) is 44.9 Å². The summed E-state index contributed by atoms with van der Waals surface area (Å²) in [4.78, 5) is 2.36. The minimum Gasteiger partial charge on any atom is -0.456 e. The molecule has 0 atom stereocenters. The second kappa shape index (κ2) is 10.3. The van der Waals surface area contributed by atoms with Gasteiger partial charge in [-0.25, -0.2) is 0 Å². The van der Waals surface area contributed by atoms with Crippen molar-refractivity contribution in [3.8, 4) is 22.5 Å². The molecule has 43 heavy (non-hydrogen) atoms. The molecule has 0 aliphatic heterocycles. The molecular weight excluding hydrogens is 522 g/mol. The quantitative estimate of drug-likeness (QED) is 0.211. The zero-order valence-electron chi connectivity index (χ0n) is 23.9. The lowest BCUT2D eigenvalue weighted by molar-refractivity contribution is 0.629. The summed E-state index contributed by atoms with van der Waals surface area (Å²) in [5.41, 5.74) is 8.87. The number of aryl methyl sites for hydroxylation is 1. The Morgan fingerprint density at radius 1 is 0.465 bits per heavy atom. The van der Waals surface area contributed by atoms with Crippen molar-refractivity contribution in [1.82, 2.24) is 0 Å². The smallest absolute Gasteiger partial charge is 0.138 e. The normalized spacial score (nSPS) is 11.4. The SMILES string of the molecule is Cc1c(-c2cccc(N(c3ccc(-c4cccc5ccccc45)cc3)c3cccc4ccccc34)c2)oc2ccccc12. The Labute approximate surface area is 251 Å². The molecule has 2 nitrogen and oxygen atoms in total. The first-order valence-electron chi connectivity index (χ1n) is 14.7. The van der Waals surface area contributed by atoms with E-state index in [0.29, 0.717) is 0 Å². The van der Waals surface area contributed by atoms with E-state index in [-0.39, 0.29) is 0 Å². The molecule has 0 aliphatic rings. The summed E-state index contributed by atoms with van der Waals surface area (Å²) in [6.07, 6.45) is 0. The number of rotatable bonds is 5. The van der Waals surface area contributed by atoms with Crippen LogP contribution in [-0.2, 0) is 0 Å². The Balaban J connectivity index is 1.29. The van der Waals surface area contributed by atoms with E-state index < -0.39 is 0 Å². The Hall–Kier alpha value is -5.60. The van der Waals surface area contributed by atoms with Crippen molar-refractivity contribution in [2.45, 2.75) is 6.92 Å². The Morgan fingerprint density at radius 3 is 1.88 bits per heavy atom. The highest BCUT2D eigenvalue weighted by molar-refractivity contribution is 6.00. The van der Waals surface area contributed by atoms with Gasteiger partial charge in [0.2, 0.25) is 0 Å². The minimum atomic E-state index is 0.909. The van der Waals surface area contributed by atoms with E-state index in [1.807, 2.05) is 12.1 Å². The molecular formula is C41H29NO. The maximum absolute atomic E-state index is 6.38. The number of nitrogens with zero attached hydrogens (tertiary/aromatic N) is 1. The molecule has 1 aromatic heterocycles. The van der Waals surface area contributed by atoms with Gasteiger partial charge in [-0.15, -0.1) is 0 Å². The summed E-state index contributed by atoms with van der Waals surface area (Å²) in [5, 5.41) is 6.07. The molecule has 0 amide bonds. The van der Waals surface area contributed by atoms with Crippen LogP contribution < -0.4 is 4.90 Å². The van der Waals surface area contributed by atoms with E-state index in [1.165, 1.54) is 32.7 Å². The predicted octanol–water partition coefficient (Wildman–Crippen LogP) is 11.9. The molecule has 8 rings (SSSR count). The lowest BCUT2D eigenvalue weighted by atomic mass is 9.98. The molecule has 0 saturated heterocycles. The largest absolute Gasteiger partial charge is 0.456 e. The third kappa shape index (κ3) is 4.36. The molecule has 0 aliphatic carbocycles. The van der Waals surface area contributed by atoms with E-state index in [1.54, 1.807) is 0 Å². The van der Waals surface area contributed by atoms with Crippen LogP contribution in [0.3, 0.4) is 0 Å². The molecule has 2 heteroatoms. The fraction of sp³-hybridized carbons (Fsp3) is 0.0244. The number of anilines is 3. The molecule has 0 bridgehead atoms. The number of benzene rings is 7. The van der Waals surface area contributed by atoms with Crippen LogP contribution in [0, 0.1) is 6.92 Å². The van der Waals surface area contributed by atoms with Crippen molar-refractivity contribution in [3.05, 3.63) is 163 Å². The average Bonchev–Trinajstić information content (AvgIpc) is 3.41. The van der Waals surface area contributed by atoms with Crippen molar-refractivity contribution >= 4 is 49.6 Å². The highest BCUT2D eigenvalue weighted by Crippen LogP contribution is 2.42. The third-order valence-corrected chi connectivity index (χ3v) is 8.44. The number of hydrogen-bond donors (Lipinski definition) is 0. The summed E-state index contributed by atoms with van der Waals surface area (Å²) in [6, 6.07) is 56.1. The van der Waals surface area contributed by atoms with Crippen LogP contribution in [0.4, 0.5) is 17.1 Å². The van der Waals surface area contributed by atoms with E-state index in [4.69, 9.17) is 4.42 Å². The van der Waals surface area contributed by atoms with Gasteiger partial charge < -0.3 is 9.32 Å². The monoisotopic (exact) mass is 551 g/mol. The number of fused-ring (bicyclic) bond motifs is 3. The van der Waals surface area contributed by atoms with Gasteiger partial charge in [-0.05, 0) is 70.6 Å². The highest BCUT2D eigenvalue weighted by Gasteiger charge is 2.18. The molecule has 0 radical (unpaired) electrons. The van der Waals surface area contributed by atoms with Crippen molar-refractivity contribution in [3.63, 3.8) is 0 Å². The maximum Gasteiger partial charge on any atom is 0.138 e. The van der Waals surface area contributed by atoms with Crippen molar-refractivity contribution in [2.75, 3.05) is 4.90 Å². The van der Waals surface area contributed by atoms with Gasteiger partial charge in [-0.1, -0.05) is 121 Å². The number of hydrogen-bond acceptors (Lipinski definition) is 2. The van der Waals surface area contributed by atoms with Gasteiger partial charge in [0.25, 0.3) is 0 Å². The highest BCUT2D eigenvalue weighted by atomic mass is 16.3. The Kier molecular flexibility index (Phi) is 6.05. The Bertz CT molecular complexity index is 2250. The summed E-state index contributed by atoms with van der Waals surface area (Å²) in [7, 11) is 0. The summed E-state index contributed by atoms with van der Waals surface area (Å²) in [6.45, 7) is 2.14.